The van der Waals surface area contributed by atoms with E-state index in [9.17, 15) is 14.7 Å². The van der Waals surface area contributed by atoms with E-state index in [0.29, 0.717) is 33.7 Å². The topological polar surface area (TPSA) is 99.9 Å². The molecule has 1 atom stereocenters. The first-order valence-corrected chi connectivity index (χ1v) is 8.47. The number of hydrogen-bond donors (Lipinski definition) is 1. The van der Waals surface area contributed by atoms with Crippen LogP contribution in [-0.2, 0) is 4.79 Å². The summed E-state index contributed by atoms with van der Waals surface area (Å²) in [6, 6.07) is 8.92. The number of aliphatic carboxylic acids is 1. The van der Waals surface area contributed by atoms with Crippen LogP contribution in [0.4, 0.5) is 0 Å². The molecule has 0 spiro atoms. The Labute approximate surface area is 160 Å². The van der Waals surface area contributed by atoms with E-state index in [4.69, 9.17) is 14.2 Å². The van der Waals surface area contributed by atoms with Crippen LogP contribution in [0.15, 0.2) is 41.2 Å². The van der Waals surface area contributed by atoms with E-state index in [-0.39, 0.29) is 5.82 Å². The van der Waals surface area contributed by atoms with Crippen LogP contribution in [0.25, 0.3) is 22.3 Å². The van der Waals surface area contributed by atoms with Crippen LogP contribution in [0, 0.1) is 0 Å². The minimum absolute atomic E-state index is 0.192. The Morgan fingerprint density at radius 1 is 1.07 bits per heavy atom. The summed E-state index contributed by atoms with van der Waals surface area (Å²) in [5, 5.41) is 9.87. The number of methoxy groups -OCH3 is 3. The van der Waals surface area contributed by atoms with Gasteiger partial charge in [-0.25, -0.2) is 9.78 Å². The van der Waals surface area contributed by atoms with Crippen LogP contribution in [0.3, 0.4) is 0 Å². The molecule has 0 amide bonds. The number of benzene rings is 2. The van der Waals surface area contributed by atoms with Crippen LogP contribution in [0.2, 0.25) is 0 Å². The highest BCUT2D eigenvalue weighted by Crippen LogP contribution is 2.41. The smallest absolute Gasteiger partial charge is 0.326 e. The third-order valence-corrected chi connectivity index (χ3v) is 4.48. The van der Waals surface area contributed by atoms with Crippen molar-refractivity contribution in [2.75, 3.05) is 21.3 Å². The van der Waals surface area contributed by atoms with Crippen LogP contribution in [-0.4, -0.2) is 42.0 Å². The summed E-state index contributed by atoms with van der Waals surface area (Å²) in [6.07, 6.45) is 0. The molecule has 0 saturated carbocycles. The van der Waals surface area contributed by atoms with Gasteiger partial charge in [-0.05, 0) is 31.2 Å². The van der Waals surface area contributed by atoms with Crippen molar-refractivity contribution >= 4 is 16.9 Å². The third kappa shape index (κ3) is 3.13. The summed E-state index contributed by atoms with van der Waals surface area (Å²) in [4.78, 5) is 29.3. The zero-order chi connectivity index (χ0) is 20.4. The molecular weight excluding hydrogens is 364 g/mol. The Morgan fingerprint density at radius 3 is 2.21 bits per heavy atom. The van der Waals surface area contributed by atoms with Gasteiger partial charge in [-0.1, -0.05) is 12.1 Å². The summed E-state index contributed by atoms with van der Waals surface area (Å²) in [7, 11) is 4.43. The van der Waals surface area contributed by atoms with Gasteiger partial charge < -0.3 is 19.3 Å². The van der Waals surface area contributed by atoms with Crippen molar-refractivity contribution in [3.63, 3.8) is 0 Å². The zero-order valence-corrected chi connectivity index (χ0v) is 15.9. The Morgan fingerprint density at radius 2 is 1.68 bits per heavy atom. The van der Waals surface area contributed by atoms with Crippen molar-refractivity contribution in [2.24, 2.45) is 0 Å². The molecule has 0 bridgehead atoms. The molecule has 28 heavy (non-hydrogen) atoms. The number of nitrogens with zero attached hydrogens (tertiary/aromatic N) is 2. The molecule has 3 aromatic rings. The van der Waals surface area contributed by atoms with Gasteiger partial charge in [0.1, 0.15) is 11.9 Å². The van der Waals surface area contributed by atoms with Gasteiger partial charge in [-0.15, -0.1) is 0 Å². The predicted molar refractivity (Wildman–Crippen MR) is 103 cm³/mol. The van der Waals surface area contributed by atoms with E-state index in [2.05, 4.69) is 4.98 Å². The maximum Gasteiger partial charge on any atom is 0.326 e. The highest BCUT2D eigenvalue weighted by Gasteiger charge is 2.24. The molecular formula is C20H20N2O6. The van der Waals surface area contributed by atoms with Gasteiger partial charge in [0.25, 0.3) is 5.56 Å². The zero-order valence-electron chi connectivity index (χ0n) is 15.9. The Balaban J connectivity index is 2.41. The number of carboxylic acids is 1. The molecule has 1 aromatic heterocycles. The first-order valence-electron chi connectivity index (χ1n) is 8.47. The number of aromatic nitrogens is 2. The third-order valence-electron chi connectivity index (χ3n) is 4.48. The molecule has 0 aliphatic carbocycles. The fourth-order valence-electron chi connectivity index (χ4n) is 3.03. The number of carbonyl (C=O) groups is 1. The molecule has 3 rings (SSSR count). The van der Waals surface area contributed by atoms with Crippen LogP contribution in [0.1, 0.15) is 13.0 Å². The molecule has 1 heterocycles. The highest BCUT2D eigenvalue weighted by molar-refractivity contribution is 5.82. The van der Waals surface area contributed by atoms with Gasteiger partial charge in [0.2, 0.25) is 5.75 Å². The van der Waals surface area contributed by atoms with Crippen molar-refractivity contribution < 1.29 is 24.1 Å². The van der Waals surface area contributed by atoms with E-state index in [1.165, 1.54) is 28.3 Å². The summed E-state index contributed by atoms with van der Waals surface area (Å²) < 4.78 is 17.2. The van der Waals surface area contributed by atoms with Gasteiger partial charge in [-0.3, -0.25) is 9.36 Å². The summed E-state index contributed by atoms with van der Waals surface area (Å²) >= 11 is 0. The lowest BCUT2D eigenvalue weighted by Gasteiger charge is -2.19. The molecule has 1 unspecified atom stereocenters. The second-order valence-electron chi connectivity index (χ2n) is 6.06. The predicted octanol–water partition coefficient (Wildman–Crippen LogP) is 2.73. The fraction of sp³-hybridized carbons (Fsp3) is 0.250. The monoisotopic (exact) mass is 384 g/mol. The van der Waals surface area contributed by atoms with E-state index in [0.717, 1.165) is 4.57 Å². The van der Waals surface area contributed by atoms with Gasteiger partial charge in [0.15, 0.2) is 11.5 Å². The lowest BCUT2D eigenvalue weighted by molar-refractivity contribution is -0.140. The van der Waals surface area contributed by atoms with Crippen LogP contribution >= 0.6 is 0 Å². The molecule has 0 radical (unpaired) electrons. The lowest BCUT2D eigenvalue weighted by Crippen LogP contribution is -2.30. The average molecular weight is 384 g/mol. The first-order chi connectivity index (χ1) is 13.4. The van der Waals surface area contributed by atoms with Crippen molar-refractivity contribution in [3.8, 4) is 28.6 Å². The minimum Gasteiger partial charge on any atom is -0.493 e. The molecule has 0 fully saturated rings. The maximum atomic E-state index is 13.1. The van der Waals surface area contributed by atoms with E-state index in [1.54, 1.807) is 36.4 Å². The molecule has 2 aromatic carbocycles. The minimum atomic E-state index is -1.15. The standard InChI is InChI=1S/C20H20N2O6/c1-11(20(24)25)22-18(21-14-8-6-5-7-13(14)19(22)23)12-9-15(26-2)17(28-4)16(10-12)27-3/h5-11H,1-4H3,(H,24,25). The quantitative estimate of drug-likeness (QED) is 0.697. The van der Waals surface area contributed by atoms with E-state index >= 15 is 0 Å². The van der Waals surface area contributed by atoms with Gasteiger partial charge >= 0.3 is 5.97 Å². The average Bonchev–Trinajstić information content (AvgIpc) is 2.71. The molecule has 8 heteroatoms. The Bertz CT molecular complexity index is 1080. The molecule has 0 aliphatic heterocycles. The van der Waals surface area contributed by atoms with Gasteiger partial charge in [0, 0.05) is 5.56 Å². The molecule has 146 valence electrons. The first kappa shape index (κ1) is 19.2. The molecule has 0 saturated heterocycles. The highest BCUT2D eigenvalue weighted by atomic mass is 16.5. The lowest BCUT2D eigenvalue weighted by atomic mass is 10.1. The van der Waals surface area contributed by atoms with E-state index < -0.39 is 17.6 Å². The second kappa shape index (κ2) is 7.59. The summed E-state index contributed by atoms with van der Waals surface area (Å²) in [6.45, 7) is 1.43. The fourth-order valence-corrected chi connectivity index (χ4v) is 3.03. The SMILES string of the molecule is COc1cc(-c2nc3ccccc3c(=O)n2C(C)C(=O)O)cc(OC)c1OC. The number of rotatable bonds is 6. The molecule has 1 N–H and O–H groups in total. The summed E-state index contributed by atoms with van der Waals surface area (Å²) in [5.74, 6) is 0.169. The largest absolute Gasteiger partial charge is 0.493 e. The number of fused-ring (bicyclic) bond motifs is 1. The molecule has 0 aliphatic rings. The van der Waals surface area contributed by atoms with Crippen molar-refractivity contribution in [3.05, 3.63) is 46.8 Å². The number of carboxylic acid groups (broad SMARTS) is 1. The van der Waals surface area contributed by atoms with E-state index in [1.807, 2.05) is 0 Å². The number of ether oxygens (including phenoxy) is 3. The Kier molecular flexibility index (Phi) is 5.21. The molecule has 8 nitrogen and oxygen atoms in total. The van der Waals surface area contributed by atoms with Crippen LogP contribution < -0.4 is 19.8 Å². The second-order valence-corrected chi connectivity index (χ2v) is 6.06. The van der Waals surface area contributed by atoms with Crippen molar-refractivity contribution in [2.45, 2.75) is 13.0 Å². The van der Waals surface area contributed by atoms with Crippen molar-refractivity contribution in [1.29, 1.82) is 0 Å². The van der Waals surface area contributed by atoms with Gasteiger partial charge in [0.05, 0.1) is 32.2 Å². The van der Waals surface area contributed by atoms with Gasteiger partial charge in [-0.2, -0.15) is 0 Å². The number of hydrogen-bond acceptors (Lipinski definition) is 6. The number of para-hydroxylation sites is 1. The summed E-state index contributed by atoms with van der Waals surface area (Å²) in [5.41, 5.74) is 0.486. The normalized spacial score (nSPS) is 11.9. The van der Waals surface area contributed by atoms with Crippen molar-refractivity contribution in [1.82, 2.24) is 9.55 Å². The Hall–Kier alpha value is -3.55. The van der Waals surface area contributed by atoms with Crippen LogP contribution in [0.5, 0.6) is 17.2 Å². The maximum absolute atomic E-state index is 13.1.